The second-order valence-corrected chi connectivity index (χ2v) is 7.98. The Kier molecular flexibility index (Phi) is 4.31. The molecule has 1 aliphatic heterocycles. The van der Waals surface area contributed by atoms with Gasteiger partial charge in [0.05, 0.1) is 0 Å². The molecule has 0 radical (unpaired) electrons. The molecule has 0 aliphatic carbocycles. The van der Waals surface area contributed by atoms with Crippen LogP contribution in [0.5, 0.6) is 0 Å². The zero-order valence-corrected chi connectivity index (χ0v) is 12.3. The Morgan fingerprint density at radius 3 is 2.62 bits per heavy atom. The van der Waals surface area contributed by atoms with Crippen molar-refractivity contribution in [1.29, 1.82) is 0 Å². The summed E-state index contributed by atoms with van der Waals surface area (Å²) >= 11 is 0.178. The third-order valence-electron chi connectivity index (χ3n) is 3.17. The highest BCUT2D eigenvalue weighted by Crippen LogP contribution is 2.37. The molecular weight excluding hydrogens is 331 g/mol. The van der Waals surface area contributed by atoms with Gasteiger partial charge in [0.15, 0.2) is 0 Å². The van der Waals surface area contributed by atoms with Crippen molar-refractivity contribution in [3.63, 3.8) is 0 Å². The van der Waals surface area contributed by atoms with Crippen molar-refractivity contribution < 1.29 is 31.5 Å². The van der Waals surface area contributed by atoms with Gasteiger partial charge in [-0.1, -0.05) is 0 Å². The van der Waals surface area contributed by atoms with Crippen LogP contribution in [0.4, 0.5) is 13.2 Å². The molecule has 1 saturated heterocycles. The van der Waals surface area contributed by atoms with Gasteiger partial charge < -0.3 is 5.11 Å². The lowest BCUT2D eigenvalue weighted by Crippen LogP contribution is -2.28. The molecule has 1 fully saturated rings. The van der Waals surface area contributed by atoms with Crippen LogP contribution in [0, 0.1) is 5.92 Å². The van der Waals surface area contributed by atoms with E-state index in [9.17, 15) is 26.4 Å². The average Bonchev–Trinajstić information content (AvgIpc) is 2.94. The fraction of sp³-hybridized carbons (Fsp3) is 0.545. The van der Waals surface area contributed by atoms with E-state index in [-0.39, 0.29) is 41.0 Å². The van der Waals surface area contributed by atoms with Crippen LogP contribution >= 0.6 is 11.3 Å². The first kappa shape index (κ1) is 16.2. The van der Waals surface area contributed by atoms with Crippen LogP contribution < -0.4 is 0 Å². The highest BCUT2D eigenvalue weighted by molar-refractivity contribution is 7.91. The maximum Gasteiger partial charge on any atom is 0.425 e. The number of carboxylic acid groups (broad SMARTS) is 1. The molecular formula is C11H12F3NO4S2. The van der Waals surface area contributed by atoms with E-state index in [2.05, 4.69) is 0 Å². The highest BCUT2D eigenvalue weighted by atomic mass is 32.2. The number of halogens is 3. The van der Waals surface area contributed by atoms with E-state index in [4.69, 9.17) is 5.11 Å². The van der Waals surface area contributed by atoms with Gasteiger partial charge in [-0.15, -0.1) is 11.3 Å². The summed E-state index contributed by atoms with van der Waals surface area (Å²) in [5.74, 6) is -1.32. The van der Waals surface area contributed by atoms with Gasteiger partial charge in [-0.3, -0.25) is 4.79 Å². The summed E-state index contributed by atoms with van der Waals surface area (Å²) < 4.78 is 62.7. The topological polar surface area (TPSA) is 74.7 Å². The molecule has 2 heterocycles. The van der Waals surface area contributed by atoms with Gasteiger partial charge in [0.25, 0.3) is 10.0 Å². The molecule has 1 N–H and O–H groups in total. The molecule has 2 rings (SSSR count). The smallest absolute Gasteiger partial charge is 0.425 e. The van der Waals surface area contributed by atoms with Gasteiger partial charge >= 0.3 is 12.1 Å². The van der Waals surface area contributed by atoms with Gasteiger partial charge in [0.2, 0.25) is 0 Å². The van der Waals surface area contributed by atoms with Gasteiger partial charge in [-0.2, -0.15) is 17.5 Å². The molecule has 1 unspecified atom stereocenters. The average molecular weight is 343 g/mol. The first-order chi connectivity index (χ1) is 9.60. The molecule has 1 aliphatic rings. The summed E-state index contributed by atoms with van der Waals surface area (Å²) in [6.45, 7) is 0.146. The predicted octanol–water partition coefficient (Wildman–Crippen LogP) is 2.25. The first-order valence-corrected chi connectivity index (χ1v) is 8.25. The van der Waals surface area contributed by atoms with Crippen LogP contribution in [-0.4, -0.2) is 36.9 Å². The quantitative estimate of drug-likeness (QED) is 0.910. The minimum Gasteiger partial charge on any atom is -0.481 e. The number of rotatable bonds is 4. The van der Waals surface area contributed by atoms with E-state index < -0.39 is 27.0 Å². The Morgan fingerprint density at radius 1 is 1.43 bits per heavy atom. The van der Waals surface area contributed by atoms with Gasteiger partial charge in [0.1, 0.15) is 9.09 Å². The summed E-state index contributed by atoms with van der Waals surface area (Å²) in [6, 6.07) is 1.68. The van der Waals surface area contributed by atoms with Crippen LogP contribution in [0.15, 0.2) is 16.3 Å². The SMILES string of the molecule is O=C(O)CC1CCN(S(=O)(=O)c2ccc(C(F)(F)F)s2)C1. The summed E-state index contributed by atoms with van der Waals surface area (Å²) in [6.07, 6.45) is -4.33. The summed E-state index contributed by atoms with van der Waals surface area (Å²) in [7, 11) is -3.99. The van der Waals surface area contributed by atoms with Crippen LogP contribution in [0.25, 0.3) is 0 Å². The lowest BCUT2D eigenvalue weighted by molar-refractivity contribution is -0.138. The number of carbonyl (C=O) groups is 1. The molecule has 0 saturated carbocycles. The van der Waals surface area contributed by atoms with Crippen molar-refractivity contribution in [3.8, 4) is 0 Å². The van der Waals surface area contributed by atoms with Crippen LogP contribution in [0.3, 0.4) is 0 Å². The third kappa shape index (κ3) is 3.55. The fourth-order valence-electron chi connectivity index (χ4n) is 2.17. The second-order valence-electron chi connectivity index (χ2n) is 4.73. The Labute approximate surface area is 123 Å². The van der Waals surface area contributed by atoms with Crippen molar-refractivity contribution in [2.45, 2.75) is 23.2 Å². The van der Waals surface area contributed by atoms with Gasteiger partial charge in [-0.05, 0) is 24.5 Å². The van der Waals surface area contributed by atoms with E-state index in [0.29, 0.717) is 6.42 Å². The second kappa shape index (κ2) is 5.58. The van der Waals surface area contributed by atoms with Crippen LogP contribution in [0.1, 0.15) is 17.7 Å². The number of aliphatic carboxylic acids is 1. The maximum atomic E-state index is 12.5. The molecule has 1 aromatic heterocycles. The summed E-state index contributed by atoms with van der Waals surface area (Å²) in [5, 5.41) is 8.68. The van der Waals surface area contributed by atoms with E-state index in [1.165, 1.54) is 0 Å². The number of thiophene rings is 1. The normalized spacial score (nSPS) is 20.8. The maximum absolute atomic E-state index is 12.5. The molecule has 0 aromatic carbocycles. The van der Waals surface area contributed by atoms with Crippen molar-refractivity contribution in [3.05, 3.63) is 17.0 Å². The number of nitrogens with zero attached hydrogens (tertiary/aromatic N) is 1. The fourth-order valence-corrected chi connectivity index (χ4v) is 5.03. The predicted molar refractivity (Wildman–Crippen MR) is 68.4 cm³/mol. The molecule has 21 heavy (non-hydrogen) atoms. The van der Waals surface area contributed by atoms with E-state index >= 15 is 0 Å². The Hall–Kier alpha value is -1.13. The lowest BCUT2D eigenvalue weighted by Gasteiger charge is -2.14. The number of hydrogen-bond donors (Lipinski definition) is 1. The minimum atomic E-state index is -4.57. The first-order valence-electron chi connectivity index (χ1n) is 5.99. The Balaban J connectivity index is 2.16. The molecule has 0 bridgehead atoms. The van der Waals surface area contributed by atoms with Crippen LogP contribution in [0.2, 0.25) is 0 Å². The monoisotopic (exact) mass is 343 g/mol. The molecule has 5 nitrogen and oxygen atoms in total. The largest absolute Gasteiger partial charge is 0.481 e. The Morgan fingerprint density at radius 2 is 2.10 bits per heavy atom. The molecule has 118 valence electrons. The standard InChI is InChI=1S/C11H12F3NO4S2/c12-11(13,14)8-1-2-10(20-8)21(18,19)15-4-3-7(6-15)5-9(16)17/h1-2,7H,3-6H2,(H,16,17). The summed E-state index contributed by atoms with van der Waals surface area (Å²) in [4.78, 5) is 9.63. The van der Waals surface area contributed by atoms with Crippen molar-refractivity contribution in [1.82, 2.24) is 4.31 Å². The molecule has 1 aromatic rings. The van der Waals surface area contributed by atoms with Crippen molar-refractivity contribution >= 4 is 27.3 Å². The number of alkyl halides is 3. The van der Waals surface area contributed by atoms with E-state index in [0.717, 1.165) is 16.4 Å². The molecule has 1 atom stereocenters. The zero-order chi connectivity index (χ0) is 15.8. The van der Waals surface area contributed by atoms with Crippen molar-refractivity contribution in [2.75, 3.05) is 13.1 Å². The molecule has 0 spiro atoms. The highest BCUT2D eigenvalue weighted by Gasteiger charge is 2.37. The van der Waals surface area contributed by atoms with Crippen molar-refractivity contribution in [2.24, 2.45) is 5.92 Å². The number of hydrogen-bond acceptors (Lipinski definition) is 4. The third-order valence-corrected chi connectivity index (χ3v) is 6.63. The summed E-state index contributed by atoms with van der Waals surface area (Å²) in [5.41, 5.74) is 0. The van der Waals surface area contributed by atoms with Gasteiger partial charge in [-0.25, -0.2) is 8.42 Å². The van der Waals surface area contributed by atoms with E-state index in [1.807, 2.05) is 0 Å². The Bertz CT molecular complexity index is 638. The zero-order valence-electron chi connectivity index (χ0n) is 10.6. The number of sulfonamides is 1. The van der Waals surface area contributed by atoms with Crippen LogP contribution in [-0.2, 0) is 21.0 Å². The lowest BCUT2D eigenvalue weighted by atomic mass is 10.1. The van der Waals surface area contributed by atoms with Gasteiger partial charge in [0, 0.05) is 19.5 Å². The molecule has 0 amide bonds. The molecule has 10 heteroatoms. The minimum absolute atomic E-state index is 0.0217. The van der Waals surface area contributed by atoms with E-state index in [1.54, 1.807) is 0 Å². The number of carboxylic acids is 1.